The molecule has 0 aromatic carbocycles. The summed E-state index contributed by atoms with van der Waals surface area (Å²) in [5.74, 6) is 0.844. The van der Waals surface area contributed by atoms with Gasteiger partial charge in [0.1, 0.15) is 5.60 Å². The van der Waals surface area contributed by atoms with Gasteiger partial charge in [0.2, 0.25) is 0 Å². The zero-order valence-electron chi connectivity index (χ0n) is 14.1. The lowest BCUT2D eigenvalue weighted by atomic mass is 9.80. The molecule has 0 heterocycles. The van der Waals surface area contributed by atoms with Crippen molar-refractivity contribution in [2.24, 2.45) is 5.92 Å². The monoisotopic (exact) mass is 296 g/mol. The van der Waals surface area contributed by atoms with Gasteiger partial charge in [0.15, 0.2) is 0 Å². The highest BCUT2D eigenvalue weighted by Crippen LogP contribution is 2.30. The zero-order chi connectivity index (χ0) is 15.5. The second-order valence-electron chi connectivity index (χ2n) is 7.74. The predicted molar refractivity (Wildman–Crippen MR) is 85.4 cm³/mol. The summed E-state index contributed by atoms with van der Waals surface area (Å²) >= 11 is 0. The maximum atomic E-state index is 11.7. The van der Waals surface area contributed by atoms with Gasteiger partial charge in [0.05, 0.1) is 0 Å². The highest BCUT2D eigenvalue weighted by molar-refractivity contribution is 5.68. The molecule has 2 atom stereocenters. The Labute approximate surface area is 129 Å². The van der Waals surface area contributed by atoms with Crippen LogP contribution in [0.3, 0.4) is 0 Å². The molecule has 0 saturated heterocycles. The second-order valence-corrected chi connectivity index (χ2v) is 7.74. The van der Waals surface area contributed by atoms with Crippen molar-refractivity contribution in [2.75, 3.05) is 0 Å². The largest absolute Gasteiger partial charge is 0.444 e. The first kappa shape index (κ1) is 16.6. The van der Waals surface area contributed by atoms with E-state index in [1.807, 2.05) is 20.8 Å². The van der Waals surface area contributed by atoms with E-state index in [4.69, 9.17) is 4.74 Å². The van der Waals surface area contributed by atoms with Crippen LogP contribution in [0.5, 0.6) is 0 Å². The lowest BCUT2D eigenvalue weighted by Gasteiger charge is -2.42. The van der Waals surface area contributed by atoms with Gasteiger partial charge in [-0.25, -0.2) is 4.79 Å². The van der Waals surface area contributed by atoms with Crippen LogP contribution in [0.15, 0.2) is 0 Å². The Balaban J connectivity index is 1.66. The van der Waals surface area contributed by atoms with Crippen LogP contribution in [0.2, 0.25) is 0 Å². The van der Waals surface area contributed by atoms with Gasteiger partial charge in [-0.05, 0) is 52.4 Å². The number of rotatable bonds is 4. The van der Waals surface area contributed by atoms with Crippen LogP contribution < -0.4 is 10.6 Å². The third-order valence-electron chi connectivity index (χ3n) is 4.74. The summed E-state index contributed by atoms with van der Waals surface area (Å²) in [6, 6.07) is 1.54. The number of nitrogens with one attached hydrogen (secondary N) is 2. The molecular formula is C17H32N2O2. The van der Waals surface area contributed by atoms with Crippen molar-refractivity contribution in [3.63, 3.8) is 0 Å². The van der Waals surface area contributed by atoms with Gasteiger partial charge in [0, 0.05) is 18.1 Å². The van der Waals surface area contributed by atoms with E-state index in [1.54, 1.807) is 0 Å². The molecule has 0 radical (unpaired) electrons. The molecule has 1 amide bonds. The number of hydrogen-bond acceptors (Lipinski definition) is 3. The molecule has 0 aromatic rings. The summed E-state index contributed by atoms with van der Waals surface area (Å²) in [6.45, 7) is 7.99. The number of carbonyl (C=O) groups is 1. The fourth-order valence-electron chi connectivity index (χ4n) is 3.56. The normalized spacial score (nSPS) is 33.1. The fourth-order valence-corrected chi connectivity index (χ4v) is 3.56. The van der Waals surface area contributed by atoms with Crippen molar-refractivity contribution in [1.82, 2.24) is 10.6 Å². The van der Waals surface area contributed by atoms with Crippen molar-refractivity contribution in [3.8, 4) is 0 Å². The molecule has 2 saturated carbocycles. The quantitative estimate of drug-likeness (QED) is 0.833. The molecule has 0 bridgehead atoms. The minimum atomic E-state index is -0.415. The van der Waals surface area contributed by atoms with E-state index >= 15 is 0 Å². The topological polar surface area (TPSA) is 50.4 Å². The highest BCUT2D eigenvalue weighted by atomic mass is 16.6. The minimum absolute atomic E-state index is 0.279. The van der Waals surface area contributed by atoms with E-state index < -0.39 is 5.60 Å². The number of alkyl carbamates (subject to hydrolysis) is 1. The van der Waals surface area contributed by atoms with Crippen molar-refractivity contribution in [2.45, 2.75) is 96.4 Å². The Bertz CT molecular complexity index is 345. The maximum Gasteiger partial charge on any atom is 0.407 e. The summed E-state index contributed by atoms with van der Waals surface area (Å²) in [7, 11) is 0. The van der Waals surface area contributed by atoms with Crippen molar-refractivity contribution >= 4 is 6.09 Å². The average molecular weight is 296 g/mol. The molecule has 2 N–H and O–H groups in total. The lowest BCUT2D eigenvalue weighted by molar-refractivity contribution is 0.0458. The number of amides is 1. The molecule has 2 fully saturated rings. The third kappa shape index (κ3) is 5.17. The zero-order valence-corrected chi connectivity index (χ0v) is 14.1. The molecule has 4 heteroatoms. The standard InChI is InChI=1S/C17H32N2O2/c1-5-12-8-6-7-9-15(12)18-13-10-14(11-13)19-16(20)21-17(2,3)4/h12-15,18H,5-11H2,1-4H3,(H,19,20). The molecule has 4 nitrogen and oxygen atoms in total. The average Bonchev–Trinajstić information content (AvgIpc) is 2.34. The first-order valence-corrected chi connectivity index (χ1v) is 8.63. The molecule has 2 aliphatic rings. The Kier molecular flexibility index (Phi) is 5.53. The van der Waals surface area contributed by atoms with E-state index in [1.165, 1.54) is 32.1 Å². The molecule has 21 heavy (non-hydrogen) atoms. The van der Waals surface area contributed by atoms with Gasteiger partial charge < -0.3 is 15.4 Å². The van der Waals surface area contributed by atoms with Crippen LogP contribution in [0.25, 0.3) is 0 Å². The van der Waals surface area contributed by atoms with Gasteiger partial charge >= 0.3 is 6.09 Å². The van der Waals surface area contributed by atoms with Gasteiger partial charge in [-0.3, -0.25) is 0 Å². The molecule has 122 valence electrons. The van der Waals surface area contributed by atoms with Crippen LogP contribution >= 0.6 is 0 Å². The predicted octanol–water partition coefficient (Wildman–Crippen LogP) is 3.60. The van der Waals surface area contributed by atoms with Gasteiger partial charge in [0.25, 0.3) is 0 Å². The van der Waals surface area contributed by atoms with Crippen LogP contribution in [0.4, 0.5) is 4.79 Å². The minimum Gasteiger partial charge on any atom is -0.444 e. The Morgan fingerprint density at radius 2 is 1.81 bits per heavy atom. The van der Waals surface area contributed by atoms with E-state index in [2.05, 4.69) is 17.6 Å². The van der Waals surface area contributed by atoms with Crippen molar-refractivity contribution in [1.29, 1.82) is 0 Å². The smallest absolute Gasteiger partial charge is 0.407 e. The third-order valence-corrected chi connectivity index (χ3v) is 4.74. The highest BCUT2D eigenvalue weighted by Gasteiger charge is 2.34. The molecule has 2 aliphatic carbocycles. The summed E-state index contributed by atoms with van der Waals surface area (Å²) < 4.78 is 5.29. The Hall–Kier alpha value is -0.770. The second kappa shape index (κ2) is 6.99. The van der Waals surface area contributed by atoms with Crippen molar-refractivity contribution < 1.29 is 9.53 Å². The van der Waals surface area contributed by atoms with E-state index in [0.29, 0.717) is 12.1 Å². The number of hydrogen-bond donors (Lipinski definition) is 2. The van der Waals surface area contributed by atoms with Gasteiger partial charge in [-0.2, -0.15) is 0 Å². The SMILES string of the molecule is CCC1CCCCC1NC1CC(NC(=O)OC(C)(C)C)C1. The Morgan fingerprint density at radius 1 is 1.14 bits per heavy atom. The molecular weight excluding hydrogens is 264 g/mol. The molecule has 2 rings (SSSR count). The summed E-state index contributed by atoms with van der Waals surface area (Å²) in [5.41, 5.74) is -0.415. The molecule has 0 aliphatic heterocycles. The van der Waals surface area contributed by atoms with E-state index in [-0.39, 0.29) is 12.1 Å². The summed E-state index contributed by atoms with van der Waals surface area (Å²) in [6.07, 6.45) is 8.52. The summed E-state index contributed by atoms with van der Waals surface area (Å²) in [5, 5.41) is 6.78. The molecule has 2 unspecified atom stereocenters. The van der Waals surface area contributed by atoms with Crippen LogP contribution in [0.1, 0.15) is 72.6 Å². The number of ether oxygens (including phenoxy) is 1. The first-order chi connectivity index (χ1) is 9.87. The van der Waals surface area contributed by atoms with Gasteiger partial charge in [-0.1, -0.05) is 26.2 Å². The summed E-state index contributed by atoms with van der Waals surface area (Å²) in [4.78, 5) is 11.7. The fraction of sp³-hybridized carbons (Fsp3) is 0.941. The first-order valence-electron chi connectivity index (χ1n) is 8.63. The Morgan fingerprint density at radius 3 is 2.43 bits per heavy atom. The van der Waals surface area contributed by atoms with Crippen LogP contribution in [0, 0.1) is 5.92 Å². The van der Waals surface area contributed by atoms with Crippen molar-refractivity contribution in [3.05, 3.63) is 0 Å². The van der Waals surface area contributed by atoms with E-state index in [9.17, 15) is 4.79 Å². The molecule has 0 spiro atoms. The maximum absolute atomic E-state index is 11.7. The lowest BCUT2D eigenvalue weighted by Crippen LogP contribution is -2.56. The van der Waals surface area contributed by atoms with E-state index in [0.717, 1.165) is 18.8 Å². The van der Waals surface area contributed by atoms with Crippen LogP contribution in [-0.4, -0.2) is 29.8 Å². The molecule has 0 aromatic heterocycles. The number of carbonyl (C=O) groups excluding carboxylic acids is 1. The van der Waals surface area contributed by atoms with Gasteiger partial charge in [-0.15, -0.1) is 0 Å². The van der Waals surface area contributed by atoms with Crippen LogP contribution in [-0.2, 0) is 4.74 Å².